The summed E-state index contributed by atoms with van der Waals surface area (Å²) in [5.74, 6) is -1.38. The van der Waals surface area contributed by atoms with Gasteiger partial charge in [-0.2, -0.15) is 0 Å². The first-order valence-corrected chi connectivity index (χ1v) is 5.09. The van der Waals surface area contributed by atoms with Gasteiger partial charge in [0.15, 0.2) is 11.6 Å². The van der Waals surface area contributed by atoms with Crippen LogP contribution >= 0.6 is 0 Å². The number of rotatable bonds is 5. The second-order valence-electron chi connectivity index (χ2n) is 3.51. The van der Waals surface area contributed by atoms with Gasteiger partial charge in [0.05, 0.1) is 7.11 Å². The minimum atomic E-state index is -0.730. The van der Waals surface area contributed by atoms with Crippen LogP contribution in [0.25, 0.3) is 0 Å². The Bertz CT molecular complexity index is 358. The number of halogens is 2. The first kappa shape index (κ1) is 12.9. The normalized spacial score (nSPS) is 12.6. The van der Waals surface area contributed by atoms with Crippen molar-refractivity contribution in [3.63, 3.8) is 0 Å². The predicted molar refractivity (Wildman–Crippen MR) is 58.1 cm³/mol. The Labute approximate surface area is 93.4 Å². The van der Waals surface area contributed by atoms with Crippen LogP contribution in [0.2, 0.25) is 0 Å². The summed E-state index contributed by atoms with van der Waals surface area (Å²) >= 11 is 0. The first-order valence-electron chi connectivity index (χ1n) is 5.09. The van der Waals surface area contributed by atoms with Crippen molar-refractivity contribution in [2.24, 2.45) is 11.5 Å². The van der Waals surface area contributed by atoms with E-state index >= 15 is 0 Å². The zero-order valence-electron chi connectivity index (χ0n) is 9.17. The molecule has 5 heteroatoms. The Morgan fingerprint density at radius 2 is 2.06 bits per heavy atom. The lowest BCUT2D eigenvalue weighted by molar-refractivity contribution is 0.376. The average Bonchev–Trinajstić information content (AvgIpc) is 2.26. The molecule has 0 aliphatic rings. The molecule has 0 spiro atoms. The largest absolute Gasteiger partial charge is 0.494 e. The van der Waals surface area contributed by atoms with Crippen molar-refractivity contribution in [3.8, 4) is 5.75 Å². The third-order valence-corrected chi connectivity index (χ3v) is 2.40. The maximum atomic E-state index is 13.7. The number of benzene rings is 1. The molecule has 0 heterocycles. The van der Waals surface area contributed by atoms with Gasteiger partial charge in [-0.05, 0) is 31.5 Å². The van der Waals surface area contributed by atoms with Gasteiger partial charge in [0.25, 0.3) is 0 Å². The number of nitrogens with two attached hydrogens (primary N) is 2. The Kier molecular flexibility index (Phi) is 4.64. The van der Waals surface area contributed by atoms with Crippen molar-refractivity contribution in [2.75, 3.05) is 13.7 Å². The van der Waals surface area contributed by atoms with E-state index in [1.54, 1.807) is 0 Å². The van der Waals surface area contributed by atoms with Crippen molar-refractivity contribution in [1.29, 1.82) is 0 Å². The van der Waals surface area contributed by atoms with Gasteiger partial charge in [-0.1, -0.05) is 0 Å². The van der Waals surface area contributed by atoms with E-state index in [1.807, 2.05) is 0 Å². The quantitative estimate of drug-likeness (QED) is 0.809. The van der Waals surface area contributed by atoms with Crippen LogP contribution in [0.1, 0.15) is 24.4 Å². The topological polar surface area (TPSA) is 61.3 Å². The van der Waals surface area contributed by atoms with Gasteiger partial charge in [0, 0.05) is 11.6 Å². The third-order valence-electron chi connectivity index (χ3n) is 2.40. The predicted octanol–water partition coefficient (Wildman–Crippen LogP) is 1.71. The molecule has 1 aromatic rings. The molecule has 0 bridgehead atoms. The fourth-order valence-electron chi connectivity index (χ4n) is 1.53. The molecule has 1 rings (SSSR count). The second-order valence-corrected chi connectivity index (χ2v) is 3.51. The molecule has 0 saturated carbocycles. The molecule has 90 valence electrons. The van der Waals surface area contributed by atoms with Crippen molar-refractivity contribution in [3.05, 3.63) is 29.3 Å². The summed E-state index contributed by atoms with van der Waals surface area (Å²) in [5.41, 5.74) is 10.9. The van der Waals surface area contributed by atoms with Crippen molar-refractivity contribution in [1.82, 2.24) is 0 Å². The highest BCUT2D eigenvalue weighted by Crippen LogP contribution is 2.28. The Morgan fingerprint density at radius 1 is 1.38 bits per heavy atom. The summed E-state index contributed by atoms with van der Waals surface area (Å²) in [5, 5.41) is 0. The zero-order valence-corrected chi connectivity index (χ0v) is 9.17. The molecule has 0 unspecified atom stereocenters. The van der Waals surface area contributed by atoms with Crippen LogP contribution in [0, 0.1) is 11.6 Å². The highest BCUT2D eigenvalue weighted by atomic mass is 19.1. The molecule has 0 radical (unpaired) electrons. The lowest BCUT2D eigenvalue weighted by Crippen LogP contribution is -2.16. The molecule has 1 aromatic carbocycles. The van der Waals surface area contributed by atoms with Crippen LogP contribution in [-0.2, 0) is 0 Å². The van der Waals surface area contributed by atoms with E-state index in [2.05, 4.69) is 0 Å². The van der Waals surface area contributed by atoms with E-state index < -0.39 is 17.7 Å². The zero-order chi connectivity index (χ0) is 12.1. The molecule has 0 aromatic heterocycles. The van der Waals surface area contributed by atoms with E-state index in [-0.39, 0.29) is 11.3 Å². The monoisotopic (exact) mass is 230 g/mol. The van der Waals surface area contributed by atoms with Crippen molar-refractivity contribution in [2.45, 2.75) is 18.9 Å². The number of methoxy groups -OCH3 is 1. The molecule has 0 aliphatic heterocycles. The Hall–Kier alpha value is -1.20. The molecule has 0 saturated heterocycles. The molecule has 0 fully saturated rings. The van der Waals surface area contributed by atoms with Crippen LogP contribution < -0.4 is 16.2 Å². The van der Waals surface area contributed by atoms with E-state index in [0.29, 0.717) is 19.4 Å². The molecule has 0 aliphatic carbocycles. The van der Waals surface area contributed by atoms with Crippen LogP contribution in [0.5, 0.6) is 5.75 Å². The van der Waals surface area contributed by atoms with Crippen molar-refractivity contribution < 1.29 is 13.5 Å². The van der Waals surface area contributed by atoms with Gasteiger partial charge in [-0.25, -0.2) is 8.78 Å². The molecule has 0 amide bonds. The number of hydrogen-bond acceptors (Lipinski definition) is 3. The standard InChI is InChI=1S/C11H16F2N2O/c1-16-9-5-4-7(12)10(11(9)13)8(15)3-2-6-14/h4-5,8H,2-3,6,14-15H2,1H3/t8-/m1/s1. The maximum absolute atomic E-state index is 13.7. The summed E-state index contributed by atoms with van der Waals surface area (Å²) in [7, 11) is 1.32. The van der Waals surface area contributed by atoms with E-state index in [0.717, 1.165) is 6.07 Å². The molecule has 3 nitrogen and oxygen atoms in total. The maximum Gasteiger partial charge on any atom is 0.172 e. The van der Waals surface area contributed by atoms with Gasteiger partial charge in [-0.15, -0.1) is 0 Å². The summed E-state index contributed by atoms with van der Waals surface area (Å²) < 4.78 is 31.9. The van der Waals surface area contributed by atoms with Gasteiger partial charge in [0.1, 0.15) is 5.82 Å². The number of ether oxygens (including phenoxy) is 1. The van der Waals surface area contributed by atoms with Crippen LogP contribution in [0.15, 0.2) is 12.1 Å². The van der Waals surface area contributed by atoms with Gasteiger partial charge in [0.2, 0.25) is 0 Å². The lowest BCUT2D eigenvalue weighted by Gasteiger charge is -2.15. The second kappa shape index (κ2) is 5.77. The molecule has 4 N–H and O–H groups in total. The Morgan fingerprint density at radius 3 is 2.62 bits per heavy atom. The summed E-state index contributed by atoms with van der Waals surface area (Å²) in [4.78, 5) is 0. The van der Waals surface area contributed by atoms with E-state index in [9.17, 15) is 8.78 Å². The minimum absolute atomic E-state index is 0.000372. The van der Waals surface area contributed by atoms with E-state index in [4.69, 9.17) is 16.2 Å². The fourth-order valence-corrected chi connectivity index (χ4v) is 1.53. The van der Waals surface area contributed by atoms with Gasteiger partial charge < -0.3 is 16.2 Å². The summed E-state index contributed by atoms with van der Waals surface area (Å²) in [6.45, 7) is 0.445. The third kappa shape index (κ3) is 2.68. The van der Waals surface area contributed by atoms with Crippen LogP contribution in [0.3, 0.4) is 0 Å². The van der Waals surface area contributed by atoms with Gasteiger partial charge in [-0.3, -0.25) is 0 Å². The van der Waals surface area contributed by atoms with Crippen LogP contribution in [-0.4, -0.2) is 13.7 Å². The SMILES string of the molecule is COc1ccc(F)c([C@H](N)CCCN)c1F. The molecular weight excluding hydrogens is 214 g/mol. The highest BCUT2D eigenvalue weighted by Gasteiger charge is 2.19. The molecule has 1 atom stereocenters. The minimum Gasteiger partial charge on any atom is -0.494 e. The lowest BCUT2D eigenvalue weighted by atomic mass is 10.0. The van der Waals surface area contributed by atoms with Crippen molar-refractivity contribution >= 4 is 0 Å². The number of hydrogen-bond donors (Lipinski definition) is 2. The molecule has 16 heavy (non-hydrogen) atoms. The first-order chi connectivity index (χ1) is 7.61. The fraction of sp³-hybridized carbons (Fsp3) is 0.455. The summed E-state index contributed by atoms with van der Waals surface area (Å²) in [6.07, 6.45) is 1.06. The molecular formula is C11H16F2N2O. The Balaban J connectivity index is 3.01. The average molecular weight is 230 g/mol. The van der Waals surface area contributed by atoms with Gasteiger partial charge >= 0.3 is 0 Å². The highest BCUT2D eigenvalue weighted by molar-refractivity contribution is 5.34. The summed E-state index contributed by atoms with van der Waals surface area (Å²) in [6, 6.07) is 1.70. The van der Waals surface area contributed by atoms with Crippen LogP contribution in [0.4, 0.5) is 8.78 Å². The van der Waals surface area contributed by atoms with E-state index in [1.165, 1.54) is 13.2 Å². The smallest absolute Gasteiger partial charge is 0.172 e.